The third kappa shape index (κ3) is 5.10. The fourth-order valence-electron chi connectivity index (χ4n) is 3.01. The average molecular weight is 394 g/mol. The molecule has 1 heterocycles. The summed E-state index contributed by atoms with van der Waals surface area (Å²) in [4.78, 5) is 11.8. The van der Waals surface area contributed by atoms with Crippen molar-refractivity contribution in [3.8, 4) is 11.3 Å². The van der Waals surface area contributed by atoms with Crippen LogP contribution in [0.2, 0.25) is 10.0 Å². The molecule has 0 bridgehead atoms. The van der Waals surface area contributed by atoms with Gasteiger partial charge in [0.25, 0.3) is 5.91 Å². The SMILES string of the molecule is O=C(CNC1CCCCC1)N/N=C\c1ccc(-c2cccc(Cl)c2Cl)o1. The molecule has 5 nitrogen and oxygen atoms in total. The largest absolute Gasteiger partial charge is 0.455 e. The van der Waals surface area contributed by atoms with Crippen molar-refractivity contribution in [3.63, 3.8) is 0 Å². The minimum Gasteiger partial charge on any atom is -0.455 e. The van der Waals surface area contributed by atoms with Crippen LogP contribution in [0.25, 0.3) is 11.3 Å². The van der Waals surface area contributed by atoms with Crippen molar-refractivity contribution in [3.05, 3.63) is 46.1 Å². The van der Waals surface area contributed by atoms with Crippen molar-refractivity contribution < 1.29 is 9.21 Å². The van der Waals surface area contributed by atoms with E-state index in [1.54, 1.807) is 24.3 Å². The minimum absolute atomic E-state index is 0.170. The second-order valence-corrected chi connectivity index (χ2v) is 7.10. The van der Waals surface area contributed by atoms with Gasteiger partial charge in [-0.05, 0) is 37.1 Å². The van der Waals surface area contributed by atoms with Gasteiger partial charge in [0.05, 0.1) is 22.8 Å². The highest BCUT2D eigenvalue weighted by molar-refractivity contribution is 6.43. The maximum atomic E-state index is 11.8. The summed E-state index contributed by atoms with van der Waals surface area (Å²) >= 11 is 12.2. The second kappa shape index (κ2) is 9.21. The molecule has 0 saturated heterocycles. The summed E-state index contributed by atoms with van der Waals surface area (Å²) in [7, 11) is 0. The van der Waals surface area contributed by atoms with E-state index in [0.717, 1.165) is 12.8 Å². The topological polar surface area (TPSA) is 66.6 Å². The van der Waals surface area contributed by atoms with Crippen LogP contribution in [0.5, 0.6) is 0 Å². The normalized spacial score (nSPS) is 15.5. The Kier molecular flexibility index (Phi) is 6.72. The molecule has 0 radical (unpaired) electrons. The molecule has 1 amide bonds. The summed E-state index contributed by atoms with van der Waals surface area (Å²) < 4.78 is 5.68. The lowest BCUT2D eigenvalue weighted by molar-refractivity contribution is -0.120. The van der Waals surface area contributed by atoms with Gasteiger partial charge in [-0.2, -0.15) is 5.10 Å². The highest BCUT2D eigenvalue weighted by Gasteiger charge is 2.13. The van der Waals surface area contributed by atoms with Gasteiger partial charge in [0.2, 0.25) is 0 Å². The maximum Gasteiger partial charge on any atom is 0.254 e. The number of nitrogens with one attached hydrogen (secondary N) is 2. The van der Waals surface area contributed by atoms with E-state index in [4.69, 9.17) is 27.6 Å². The Morgan fingerprint density at radius 1 is 1.19 bits per heavy atom. The van der Waals surface area contributed by atoms with Crippen LogP contribution in [0.1, 0.15) is 37.9 Å². The molecule has 3 rings (SSSR count). The molecule has 1 aliphatic rings. The molecule has 138 valence electrons. The van der Waals surface area contributed by atoms with Crippen molar-refractivity contribution in [2.75, 3.05) is 6.54 Å². The van der Waals surface area contributed by atoms with Crippen LogP contribution in [-0.4, -0.2) is 24.7 Å². The van der Waals surface area contributed by atoms with Crippen molar-refractivity contribution >= 4 is 35.3 Å². The van der Waals surface area contributed by atoms with E-state index in [1.807, 2.05) is 6.07 Å². The van der Waals surface area contributed by atoms with Crippen LogP contribution < -0.4 is 10.7 Å². The van der Waals surface area contributed by atoms with Crippen LogP contribution in [0.4, 0.5) is 0 Å². The predicted molar refractivity (Wildman–Crippen MR) is 105 cm³/mol. The fraction of sp³-hybridized carbons (Fsp3) is 0.368. The quantitative estimate of drug-likeness (QED) is 0.555. The molecule has 1 aliphatic carbocycles. The van der Waals surface area contributed by atoms with E-state index >= 15 is 0 Å². The van der Waals surface area contributed by atoms with Crippen LogP contribution >= 0.6 is 23.2 Å². The standard InChI is InChI=1S/C19H21Cl2N3O2/c20-16-8-4-7-15(19(16)21)17-10-9-14(26-17)11-23-24-18(25)12-22-13-5-2-1-3-6-13/h4,7-11,13,22H,1-3,5-6,12H2,(H,24,25)/b23-11-. The van der Waals surface area contributed by atoms with Gasteiger partial charge in [0.15, 0.2) is 0 Å². The number of rotatable bonds is 6. The molecule has 26 heavy (non-hydrogen) atoms. The summed E-state index contributed by atoms with van der Waals surface area (Å²) in [5.74, 6) is 0.928. The fourth-order valence-corrected chi connectivity index (χ4v) is 3.41. The number of hydrazone groups is 1. The van der Waals surface area contributed by atoms with Gasteiger partial charge in [0, 0.05) is 11.6 Å². The molecular weight excluding hydrogens is 373 g/mol. The predicted octanol–water partition coefficient (Wildman–Crippen LogP) is 4.63. The number of halogens is 2. The van der Waals surface area contributed by atoms with Gasteiger partial charge in [-0.15, -0.1) is 0 Å². The first-order chi connectivity index (χ1) is 12.6. The molecule has 7 heteroatoms. The number of amides is 1. The Morgan fingerprint density at radius 3 is 2.81 bits per heavy atom. The van der Waals surface area contributed by atoms with Crippen molar-refractivity contribution in [2.24, 2.45) is 5.10 Å². The van der Waals surface area contributed by atoms with Gasteiger partial charge in [0.1, 0.15) is 11.5 Å². The lowest BCUT2D eigenvalue weighted by Gasteiger charge is -2.22. The van der Waals surface area contributed by atoms with E-state index in [2.05, 4.69) is 15.8 Å². The number of hydrogen-bond acceptors (Lipinski definition) is 4. The molecule has 2 aromatic rings. The lowest BCUT2D eigenvalue weighted by atomic mass is 9.95. The maximum absolute atomic E-state index is 11.8. The molecule has 0 atom stereocenters. The van der Waals surface area contributed by atoms with Crippen LogP contribution in [0, 0.1) is 0 Å². The van der Waals surface area contributed by atoms with E-state index < -0.39 is 0 Å². The molecule has 1 fully saturated rings. The molecule has 1 aromatic carbocycles. The Balaban J connectivity index is 1.50. The summed E-state index contributed by atoms with van der Waals surface area (Å²) in [6.07, 6.45) is 7.49. The van der Waals surface area contributed by atoms with Gasteiger partial charge in [-0.3, -0.25) is 4.79 Å². The summed E-state index contributed by atoms with van der Waals surface area (Å²) in [5.41, 5.74) is 3.21. The summed E-state index contributed by atoms with van der Waals surface area (Å²) in [5, 5.41) is 8.11. The first kappa shape index (κ1) is 19.0. The zero-order chi connectivity index (χ0) is 18.4. The molecule has 2 N–H and O–H groups in total. The van der Waals surface area contributed by atoms with Crippen LogP contribution in [0.3, 0.4) is 0 Å². The first-order valence-electron chi connectivity index (χ1n) is 8.73. The van der Waals surface area contributed by atoms with Gasteiger partial charge in [-0.25, -0.2) is 5.43 Å². The summed E-state index contributed by atoms with van der Waals surface area (Å²) in [6.45, 7) is 0.267. The third-order valence-corrected chi connectivity index (χ3v) is 5.20. The van der Waals surface area contributed by atoms with E-state index in [9.17, 15) is 4.79 Å². The zero-order valence-electron chi connectivity index (χ0n) is 14.3. The Hall–Kier alpha value is -1.82. The number of benzene rings is 1. The molecule has 0 aliphatic heterocycles. The number of furan rings is 1. The smallest absolute Gasteiger partial charge is 0.254 e. The number of hydrogen-bond donors (Lipinski definition) is 2. The van der Waals surface area contributed by atoms with Crippen LogP contribution in [-0.2, 0) is 4.79 Å². The number of nitrogens with zero attached hydrogens (tertiary/aromatic N) is 1. The van der Waals surface area contributed by atoms with Gasteiger partial charge < -0.3 is 9.73 Å². The van der Waals surface area contributed by atoms with E-state index in [0.29, 0.717) is 33.2 Å². The van der Waals surface area contributed by atoms with Gasteiger partial charge in [-0.1, -0.05) is 48.5 Å². The minimum atomic E-state index is -0.170. The zero-order valence-corrected chi connectivity index (χ0v) is 15.8. The van der Waals surface area contributed by atoms with E-state index in [1.165, 1.54) is 25.5 Å². The Labute approximate surface area is 162 Å². The molecule has 0 unspecified atom stereocenters. The average Bonchev–Trinajstić information content (AvgIpc) is 3.12. The number of carbonyl (C=O) groups excluding carboxylic acids is 1. The summed E-state index contributed by atoms with van der Waals surface area (Å²) in [6, 6.07) is 9.32. The first-order valence-corrected chi connectivity index (χ1v) is 9.48. The molecular formula is C19H21Cl2N3O2. The molecule has 0 spiro atoms. The second-order valence-electron chi connectivity index (χ2n) is 6.31. The van der Waals surface area contributed by atoms with Crippen molar-refractivity contribution in [1.29, 1.82) is 0 Å². The third-order valence-electron chi connectivity index (χ3n) is 4.38. The van der Waals surface area contributed by atoms with E-state index in [-0.39, 0.29) is 12.5 Å². The Morgan fingerprint density at radius 2 is 2.00 bits per heavy atom. The highest BCUT2D eigenvalue weighted by atomic mass is 35.5. The lowest BCUT2D eigenvalue weighted by Crippen LogP contribution is -2.38. The van der Waals surface area contributed by atoms with Crippen molar-refractivity contribution in [2.45, 2.75) is 38.1 Å². The Bertz CT molecular complexity index is 783. The van der Waals surface area contributed by atoms with Gasteiger partial charge >= 0.3 is 0 Å². The highest BCUT2D eigenvalue weighted by Crippen LogP contribution is 2.34. The monoisotopic (exact) mass is 393 g/mol. The number of carbonyl (C=O) groups is 1. The van der Waals surface area contributed by atoms with Crippen LogP contribution in [0.15, 0.2) is 39.9 Å². The molecule has 1 saturated carbocycles. The van der Waals surface area contributed by atoms with Crippen molar-refractivity contribution in [1.82, 2.24) is 10.7 Å². The molecule has 1 aromatic heterocycles.